The van der Waals surface area contributed by atoms with Crippen LogP contribution in [0.1, 0.15) is 40.9 Å². The molecule has 2 aromatic carbocycles. The maximum atomic E-state index is 13.8. The largest absolute Gasteiger partial charge is 0.347 e. The molecule has 22 heavy (non-hydrogen) atoms. The standard InChI is InChI=1S/C19H22FNO/c1-13-9-10-17(20)16(11-13)18(22)21-19(3,4)12-15-8-6-5-7-14(15)2/h5-11H,12H2,1-4H3,(H,21,22). The maximum Gasteiger partial charge on any atom is 0.254 e. The predicted octanol–water partition coefficient (Wildman–Crippen LogP) is 4.19. The van der Waals surface area contributed by atoms with Crippen LogP contribution in [0, 0.1) is 19.7 Å². The molecule has 0 aliphatic heterocycles. The normalized spacial score (nSPS) is 11.3. The van der Waals surface area contributed by atoms with Gasteiger partial charge in [-0.3, -0.25) is 4.79 Å². The molecular weight excluding hydrogens is 277 g/mol. The monoisotopic (exact) mass is 299 g/mol. The van der Waals surface area contributed by atoms with E-state index in [1.54, 1.807) is 12.1 Å². The molecule has 0 saturated carbocycles. The number of hydrogen-bond acceptors (Lipinski definition) is 1. The molecule has 2 rings (SSSR count). The highest BCUT2D eigenvalue weighted by Gasteiger charge is 2.23. The Hall–Kier alpha value is -2.16. The van der Waals surface area contributed by atoms with Gasteiger partial charge in [0.15, 0.2) is 0 Å². The third kappa shape index (κ3) is 3.94. The number of amides is 1. The molecule has 1 amide bonds. The fourth-order valence-corrected chi connectivity index (χ4v) is 2.52. The van der Waals surface area contributed by atoms with Crippen molar-refractivity contribution in [3.63, 3.8) is 0 Å². The molecule has 0 saturated heterocycles. The van der Waals surface area contributed by atoms with Crippen molar-refractivity contribution in [2.24, 2.45) is 0 Å². The van der Waals surface area contributed by atoms with E-state index in [0.717, 1.165) is 5.56 Å². The smallest absolute Gasteiger partial charge is 0.254 e. The second kappa shape index (κ2) is 6.30. The summed E-state index contributed by atoms with van der Waals surface area (Å²) in [7, 11) is 0. The summed E-state index contributed by atoms with van der Waals surface area (Å²) in [5, 5.41) is 2.94. The van der Waals surface area contributed by atoms with Gasteiger partial charge in [-0.2, -0.15) is 0 Å². The Bertz CT molecular complexity index is 692. The minimum Gasteiger partial charge on any atom is -0.347 e. The number of carbonyl (C=O) groups excluding carboxylic acids is 1. The highest BCUT2D eigenvalue weighted by molar-refractivity contribution is 5.95. The van der Waals surface area contributed by atoms with Gasteiger partial charge >= 0.3 is 0 Å². The van der Waals surface area contributed by atoms with Crippen molar-refractivity contribution in [1.29, 1.82) is 0 Å². The third-order valence-electron chi connectivity index (χ3n) is 3.71. The molecule has 0 unspecified atom stereocenters. The SMILES string of the molecule is Cc1ccc(F)c(C(=O)NC(C)(C)Cc2ccccc2C)c1. The zero-order valence-electron chi connectivity index (χ0n) is 13.5. The van der Waals surface area contributed by atoms with Crippen molar-refractivity contribution >= 4 is 5.91 Å². The van der Waals surface area contributed by atoms with Gasteiger partial charge in [0.25, 0.3) is 5.91 Å². The van der Waals surface area contributed by atoms with E-state index >= 15 is 0 Å². The average molecular weight is 299 g/mol. The predicted molar refractivity (Wildman–Crippen MR) is 87.6 cm³/mol. The quantitative estimate of drug-likeness (QED) is 0.901. The van der Waals surface area contributed by atoms with Crippen LogP contribution < -0.4 is 5.32 Å². The van der Waals surface area contributed by atoms with Crippen molar-refractivity contribution in [1.82, 2.24) is 5.32 Å². The van der Waals surface area contributed by atoms with Crippen LogP contribution >= 0.6 is 0 Å². The van der Waals surface area contributed by atoms with Crippen molar-refractivity contribution < 1.29 is 9.18 Å². The number of halogens is 1. The number of rotatable bonds is 4. The van der Waals surface area contributed by atoms with Gasteiger partial charge in [0, 0.05) is 5.54 Å². The van der Waals surface area contributed by atoms with Crippen molar-refractivity contribution in [3.8, 4) is 0 Å². The first-order valence-electron chi connectivity index (χ1n) is 7.42. The van der Waals surface area contributed by atoms with Gasteiger partial charge in [0.2, 0.25) is 0 Å². The molecule has 2 aromatic rings. The van der Waals surface area contributed by atoms with Gasteiger partial charge in [0.05, 0.1) is 5.56 Å². The first-order valence-corrected chi connectivity index (χ1v) is 7.42. The number of nitrogens with one attached hydrogen (secondary N) is 1. The fourth-order valence-electron chi connectivity index (χ4n) is 2.52. The molecule has 1 N–H and O–H groups in total. The Morgan fingerprint density at radius 2 is 1.82 bits per heavy atom. The van der Waals surface area contributed by atoms with E-state index in [1.165, 1.54) is 17.2 Å². The number of aryl methyl sites for hydroxylation is 2. The lowest BCUT2D eigenvalue weighted by molar-refractivity contribution is 0.0908. The van der Waals surface area contributed by atoms with Crippen molar-refractivity contribution in [2.45, 2.75) is 39.7 Å². The summed E-state index contributed by atoms with van der Waals surface area (Å²) in [5.74, 6) is -0.866. The van der Waals surface area contributed by atoms with Crippen LogP contribution in [0.4, 0.5) is 4.39 Å². The Labute approximate surface area is 131 Å². The Balaban J connectivity index is 2.16. The zero-order chi connectivity index (χ0) is 16.3. The molecule has 0 aliphatic carbocycles. The summed E-state index contributed by atoms with van der Waals surface area (Å²) in [5.41, 5.74) is 2.87. The van der Waals surface area contributed by atoms with E-state index in [-0.39, 0.29) is 11.5 Å². The molecule has 0 aliphatic rings. The van der Waals surface area contributed by atoms with Gasteiger partial charge in [-0.25, -0.2) is 4.39 Å². The molecule has 0 aromatic heterocycles. The van der Waals surface area contributed by atoms with E-state index < -0.39 is 11.4 Å². The van der Waals surface area contributed by atoms with Crippen LogP contribution in [0.15, 0.2) is 42.5 Å². The average Bonchev–Trinajstić information content (AvgIpc) is 2.43. The Kier molecular flexibility index (Phi) is 4.65. The van der Waals surface area contributed by atoms with Gasteiger partial charge in [-0.05, 0) is 57.4 Å². The molecule has 0 bridgehead atoms. The Morgan fingerprint density at radius 3 is 2.50 bits per heavy atom. The molecule has 3 heteroatoms. The van der Waals surface area contributed by atoms with Gasteiger partial charge in [0.1, 0.15) is 5.82 Å². The van der Waals surface area contributed by atoms with Crippen LogP contribution in [0.5, 0.6) is 0 Å². The Morgan fingerprint density at radius 1 is 1.14 bits per heavy atom. The van der Waals surface area contributed by atoms with Crippen molar-refractivity contribution in [2.75, 3.05) is 0 Å². The lowest BCUT2D eigenvalue weighted by atomic mass is 9.92. The van der Waals surface area contributed by atoms with Crippen LogP contribution in [0.2, 0.25) is 0 Å². The molecule has 0 fully saturated rings. The lowest BCUT2D eigenvalue weighted by Crippen LogP contribution is -2.45. The zero-order valence-corrected chi connectivity index (χ0v) is 13.5. The minimum absolute atomic E-state index is 0.0952. The van der Waals surface area contributed by atoms with E-state index in [2.05, 4.69) is 11.4 Å². The summed E-state index contributed by atoms with van der Waals surface area (Å²) in [6.07, 6.45) is 0.693. The molecule has 0 heterocycles. The summed E-state index contributed by atoms with van der Waals surface area (Å²) in [4.78, 5) is 12.4. The maximum absolute atomic E-state index is 13.8. The van der Waals surface area contributed by atoms with Crippen LogP contribution in [-0.4, -0.2) is 11.4 Å². The van der Waals surface area contributed by atoms with Crippen LogP contribution in [0.3, 0.4) is 0 Å². The van der Waals surface area contributed by atoms with E-state index in [1.807, 2.05) is 45.9 Å². The summed E-state index contributed by atoms with van der Waals surface area (Å²) >= 11 is 0. The van der Waals surface area contributed by atoms with Crippen LogP contribution in [-0.2, 0) is 6.42 Å². The van der Waals surface area contributed by atoms with Crippen LogP contribution in [0.25, 0.3) is 0 Å². The second-order valence-corrected chi connectivity index (χ2v) is 6.42. The van der Waals surface area contributed by atoms with E-state index in [9.17, 15) is 9.18 Å². The fraction of sp³-hybridized carbons (Fsp3) is 0.316. The molecule has 0 spiro atoms. The van der Waals surface area contributed by atoms with Gasteiger partial charge in [-0.15, -0.1) is 0 Å². The molecule has 0 atom stereocenters. The minimum atomic E-state index is -0.491. The first kappa shape index (κ1) is 16.2. The van der Waals surface area contributed by atoms with Gasteiger partial charge in [-0.1, -0.05) is 35.9 Å². The number of carbonyl (C=O) groups is 1. The molecule has 2 nitrogen and oxygen atoms in total. The molecule has 0 radical (unpaired) electrons. The topological polar surface area (TPSA) is 29.1 Å². The van der Waals surface area contributed by atoms with Crippen molar-refractivity contribution in [3.05, 3.63) is 70.5 Å². The first-order chi connectivity index (χ1) is 10.3. The lowest BCUT2D eigenvalue weighted by Gasteiger charge is -2.27. The highest BCUT2D eigenvalue weighted by Crippen LogP contribution is 2.18. The van der Waals surface area contributed by atoms with E-state index in [0.29, 0.717) is 6.42 Å². The summed E-state index contributed by atoms with van der Waals surface area (Å²) in [6.45, 7) is 7.79. The van der Waals surface area contributed by atoms with E-state index in [4.69, 9.17) is 0 Å². The summed E-state index contributed by atoms with van der Waals surface area (Å²) in [6, 6.07) is 12.6. The van der Waals surface area contributed by atoms with Gasteiger partial charge < -0.3 is 5.32 Å². The number of benzene rings is 2. The highest BCUT2D eigenvalue weighted by atomic mass is 19.1. The third-order valence-corrected chi connectivity index (χ3v) is 3.71. The number of hydrogen-bond donors (Lipinski definition) is 1. The molecular formula is C19H22FNO. The second-order valence-electron chi connectivity index (χ2n) is 6.42. The summed E-state index contributed by atoms with van der Waals surface area (Å²) < 4.78 is 13.8. The molecule has 116 valence electrons.